The van der Waals surface area contributed by atoms with Gasteiger partial charge in [-0.2, -0.15) is 0 Å². The molecule has 0 radical (unpaired) electrons. The Hall–Kier alpha value is -3.24. The molecule has 2 aromatic carbocycles. The average molecular weight is 419 g/mol. The molecule has 0 aromatic heterocycles. The molecule has 3 amide bonds. The number of esters is 1. The van der Waals surface area contributed by atoms with Crippen LogP contribution in [0, 0.1) is 0 Å². The van der Waals surface area contributed by atoms with E-state index in [1.807, 2.05) is 35.6 Å². The summed E-state index contributed by atoms with van der Waals surface area (Å²) in [5.41, 5.74) is 0.823. The van der Waals surface area contributed by atoms with E-state index >= 15 is 0 Å². The molecule has 0 fully saturated rings. The van der Waals surface area contributed by atoms with Crippen molar-refractivity contribution in [1.82, 2.24) is 14.9 Å². The summed E-state index contributed by atoms with van der Waals surface area (Å²) < 4.78 is 30.1. The Labute approximate surface area is 168 Å². The van der Waals surface area contributed by atoms with Crippen LogP contribution in [-0.2, 0) is 26.1 Å². The fourth-order valence-corrected chi connectivity index (χ4v) is 3.14. The lowest BCUT2D eigenvalue weighted by atomic mass is 10.2. The number of nitrogens with zero attached hydrogens (tertiary/aromatic N) is 1. The molecule has 0 unspecified atom stereocenters. The fourth-order valence-electron chi connectivity index (χ4n) is 2.19. The highest BCUT2D eigenvalue weighted by molar-refractivity contribution is 7.89. The van der Waals surface area contributed by atoms with Crippen molar-refractivity contribution >= 4 is 27.9 Å². The third-order valence-corrected chi connectivity index (χ3v) is 5.54. The molecule has 0 saturated heterocycles. The Morgan fingerprint density at radius 1 is 1.00 bits per heavy atom. The number of carbonyl (C=O) groups excluding carboxylic acids is 3. The number of imide groups is 1. The van der Waals surface area contributed by atoms with Gasteiger partial charge in [-0.05, 0) is 23.8 Å². The van der Waals surface area contributed by atoms with Crippen molar-refractivity contribution in [1.29, 1.82) is 0 Å². The van der Waals surface area contributed by atoms with E-state index in [1.54, 1.807) is 0 Å². The molecule has 0 atom stereocenters. The van der Waals surface area contributed by atoms with Gasteiger partial charge in [0.05, 0.1) is 10.5 Å². The minimum absolute atomic E-state index is 0.0331. The van der Waals surface area contributed by atoms with E-state index in [9.17, 15) is 22.8 Å². The summed E-state index contributed by atoms with van der Waals surface area (Å²) in [6.45, 7) is -0.463. The second-order valence-electron chi connectivity index (χ2n) is 6.11. The zero-order chi connectivity index (χ0) is 21.4. The first-order valence-electron chi connectivity index (χ1n) is 8.51. The molecule has 10 heteroatoms. The topological polar surface area (TPSA) is 122 Å². The van der Waals surface area contributed by atoms with Crippen molar-refractivity contribution in [2.75, 3.05) is 20.7 Å². The molecule has 0 saturated carbocycles. The Morgan fingerprint density at radius 2 is 1.69 bits per heavy atom. The van der Waals surface area contributed by atoms with Crippen LogP contribution in [0.1, 0.15) is 15.9 Å². The van der Waals surface area contributed by atoms with Gasteiger partial charge in [0.25, 0.3) is 5.91 Å². The van der Waals surface area contributed by atoms with Crippen LogP contribution in [0.4, 0.5) is 4.79 Å². The minimum atomic E-state index is -3.72. The van der Waals surface area contributed by atoms with Crippen molar-refractivity contribution in [2.45, 2.75) is 11.4 Å². The van der Waals surface area contributed by atoms with Crippen LogP contribution in [0.15, 0.2) is 59.5 Å². The lowest BCUT2D eigenvalue weighted by molar-refractivity contribution is -0.123. The third-order valence-electron chi connectivity index (χ3n) is 3.73. The van der Waals surface area contributed by atoms with Gasteiger partial charge in [0.1, 0.15) is 0 Å². The Bertz CT molecular complexity index is 990. The Kier molecular flexibility index (Phi) is 7.46. The molecular formula is C19H21N3O6S. The summed E-state index contributed by atoms with van der Waals surface area (Å²) in [5, 5.41) is 4.54. The zero-order valence-corrected chi connectivity index (χ0v) is 16.7. The van der Waals surface area contributed by atoms with Gasteiger partial charge < -0.3 is 10.1 Å². The second-order valence-corrected chi connectivity index (χ2v) is 8.26. The summed E-state index contributed by atoms with van der Waals surface area (Å²) in [4.78, 5) is 35.5. The van der Waals surface area contributed by atoms with Crippen LogP contribution < -0.4 is 10.6 Å². The lowest BCUT2D eigenvalue weighted by Crippen LogP contribution is -2.41. The summed E-state index contributed by atoms with van der Waals surface area (Å²) in [6, 6.07) is 13.6. The van der Waals surface area contributed by atoms with E-state index in [-0.39, 0.29) is 17.0 Å². The second kappa shape index (κ2) is 9.80. The molecule has 0 heterocycles. The van der Waals surface area contributed by atoms with Crippen LogP contribution in [0.2, 0.25) is 0 Å². The smallest absolute Gasteiger partial charge is 0.338 e. The Morgan fingerprint density at radius 3 is 2.34 bits per heavy atom. The summed E-state index contributed by atoms with van der Waals surface area (Å²) in [6.07, 6.45) is 0. The maximum absolute atomic E-state index is 12.1. The van der Waals surface area contributed by atoms with E-state index in [1.165, 1.54) is 32.3 Å². The molecular weight excluding hydrogens is 398 g/mol. The number of hydrogen-bond donors (Lipinski definition) is 2. The van der Waals surface area contributed by atoms with Crippen LogP contribution in [0.5, 0.6) is 0 Å². The molecule has 0 aliphatic rings. The molecule has 2 rings (SSSR count). The molecule has 0 aliphatic carbocycles. The Balaban J connectivity index is 1.85. The van der Waals surface area contributed by atoms with Crippen molar-refractivity contribution in [3.63, 3.8) is 0 Å². The van der Waals surface area contributed by atoms with E-state index < -0.39 is 34.5 Å². The quantitative estimate of drug-likeness (QED) is 0.649. The first-order chi connectivity index (χ1) is 13.7. The fraction of sp³-hybridized carbons (Fsp3) is 0.211. The normalized spacial score (nSPS) is 11.0. The minimum Gasteiger partial charge on any atom is -0.452 e. The third kappa shape index (κ3) is 6.40. The highest BCUT2D eigenvalue weighted by Gasteiger charge is 2.19. The predicted octanol–water partition coefficient (Wildman–Crippen LogP) is 1.12. The number of nitrogens with one attached hydrogen (secondary N) is 2. The summed E-state index contributed by atoms with van der Waals surface area (Å²) in [5.74, 6) is -1.71. The summed E-state index contributed by atoms with van der Waals surface area (Å²) >= 11 is 0. The van der Waals surface area contributed by atoms with Crippen LogP contribution >= 0.6 is 0 Å². The summed E-state index contributed by atoms with van der Waals surface area (Å²) in [7, 11) is -0.979. The van der Waals surface area contributed by atoms with Gasteiger partial charge in [-0.15, -0.1) is 0 Å². The highest BCUT2D eigenvalue weighted by atomic mass is 32.2. The number of benzene rings is 2. The number of hydrogen-bond acceptors (Lipinski definition) is 6. The van der Waals surface area contributed by atoms with Crippen LogP contribution in [0.25, 0.3) is 0 Å². The average Bonchev–Trinajstić information content (AvgIpc) is 2.71. The molecule has 29 heavy (non-hydrogen) atoms. The van der Waals surface area contributed by atoms with E-state index in [4.69, 9.17) is 4.74 Å². The number of amides is 3. The van der Waals surface area contributed by atoms with Gasteiger partial charge in [-0.3, -0.25) is 10.1 Å². The highest BCUT2D eigenvalue weighted by Crippen LogP contribution is 2.15. The van der Waals surface area contributed by atoms with E-state index in [0.29, 0.717) is 0 Å². The monoisotopic (exact) mass is 419 g/mol. The first-order valence-corrected chi connectivity index (χ1v) is 9.95. The molecule has 2 aromatic rings. The van der Waals surface area contributed by atoms with Gasteiger partial charge in [0, 0.05) is 20.6 Å². The zero-order valence-electron chi connectivity index (χ0n) is 15.9. The van der Waals surface area contributed by atoms with E-state index in [0.717, 1.165) is 15.9 Å². The number of rotatable bonds is 7. The lowest BCUT2D eigenvalue weighted by Gasteiger charge is -2.12. The standard InChI is InChI=1S/C19H21N3O6S/c1-22(2)29(26,27)16-10-6-9-15(11-16)18(24)28-13-17(23)21-19(25)20-12-14-7-4-3-5-8-14/h3-11H,12-13H2,1-2H3,(H2,20,21,23,25). The van der Waals surface area contributed by atoms with E-state index in [2.05, 4.69) is 5.32 Å². The number of ether oxygens (including phenoxy) is 1. The molecule has 154 valence electrons. The van der Waals surface area contributed by atoms with Crippen molar-refractivity contribution in [3.8, 4) is 0 Å². The molecule has 9 nitrogen and oxygen atoms in total. The van der Waals surface area contributed by atoms with Gasteiger partial charge in [-0.1, -0.05) is 36.4 Å². The first kappa shape index (κ1) is 22.1. The largest absolute Gasteiger partial charge is 0.452 e. The molecule has 0 spiro atoms. The molecule has 2 N–H and O–H groups in total. The SMILES string of the molecule is CN(C)S(=O)(=O)c1cccc(C(=O)OCC(=O)NC(=O)NCc2ccccc2)c1. The maximum atomic E-state index is 12.1. The van der Waals surface area contributed by atoms with Gasteiger partial charge in [0.2, 0.25) is 10.0 Å². The van der Waals surface area contributed by atoms with Gasteiger partial charge >= 0.3 is 12.0 Å². The van der Waals surface area contributed by atoms with Crippen molar-refractivity contribution < 1.29 is 27.5 Å². The molecule has 0 bridgehead atoms. The molecule has 0 aliphatic heterocycles. The predicted molar refractivity (Wildman–Crippen MR) is 104 cm³/mol. The van der Waals surface area contributed by atoms with Crippen LogP contribution in [0.3, 0.4) is 0 Å². The number of sulfonamides is 1. The van der Waals surface area contributed by atoms with Crippen molar-refractivity contribution in [3.05, 3.63) is 65.7 Å². The number of carbonyl (C=O) groups is 3. The number of urea groups is 1. The maximum Gasteiger partial charge on any atom is 0.338 e. The van der Waals surface area contributed by atoms with Crippen LogP contribution in [-0.4, -0.2) is 51.3 Å². The van der Waals surface area contributed by atoms with Gasteiger partial charge in [0.15, 0.2) is 6.61 Å². The van der Waals surface area contributed by atoms with Gasteiger partial charge in [-0.25, -0.2) is 22.3 Å². The van der Waals surface area contributed by atoms with Crippen molar-refractivity contribution in [2.24, 2.45) is 0 Å².